The molecule has 0 aromatic rings. The quantitative estimate of drug-likeness (QED) is 0.771. The molecule has 0 aromatic heterocycles. The monoisotopic (exact) mass is 252 g/mol. The van der Waals surface area contributed by atoms with Crippen molar-refractivity contribution < 1.29 is 4.79 Å². The number of likely N-dealkylation sites (tertiary alicyclic amines) is 1. The summed E-state index contributed by atoms with van der Waals surface area (Å²) in [5, 5.41) is 0. The number of hydrogen-bond acceptors (Lipinski definition) is 2. The van der Waals surface area contributed by atoms with Crippen LogP contribution in [-0.2, 0) is 4.79 Å². The van der Waals surface area contributed by atoms with Gasteiger partial charge in [0.25, 0.3) is 0 Å². The second-order valence-corrected chi connectivity index (χ2v) is 6.00. The molecule has 2 fully saturated rings. The predicted octanol–water partition coefficient (Wildman–Crippen LogP) is 2.65. The Bertz CT molecular complexity index is 253. The average molecular weight is 252 g/mol. The van der Waals surface area contributed by atoms with E-state index < -0.39 is 0 Å². The van der Waals surface area contributed by atoms with E-state index >= 15 is 0 Å². The van der Waals surface area contributed by atoms with Gasteiger partial charge in [-0.05, 0) is 32.7 Å². The lowest BCUT2D eigenvalue weighted by molar-refractivity contribution is -0.132. The molecule has 0 unspecified atom stereocenters. The molecular formula is C15H28N2O. The van der Waals surface area contributed by atoms with Crippen molar-refractivity contribution in [3.63, 3.8) is 0 Å². The van der Waals surface area contributed by atoms with E-state index in [1.165, 1.54) is 57.8 Å². The minimum absolute atomic E-state index is 0.352. The molecule has 18 heavy (non-hydrogen) atoms. The van der Waals surface area contributed by atoms with Gasteiger partial charge in [0.2, 0.25) is 5.91 Å². The van der Waals surface area contributed by atoms with Gasteiger partial charge >= 0.3 is 0 Å². The molecule has 1 heterocycles. The molecule has 2 rings (SSSR count). The highest BCUT2D eigenvalue weighted by atomic mass is 16.2. The number of hydrogen-bond donors (Lipinski definition) is 0. The zero-order chi connectivity index (χ0) is 12.8. The van der Waals surface area contributed by atoms with E-state index in [1.54, 1.807) is 0 Å². The van der Waals surface area contributed by atoms with Gasteiger partial charge in [0.05, 0.1) is 6.54 Å². The number of carbonyl (C=O) groups excluding carboxylic acids is 1. The first kappa shape index (κ1) is 13.9. The van der Waals surface area contributed by atoms with Crippen molar-refractivity contribution in [3.05, 3.63) is 0 Å². The summed E-state index contributed by atoms with van der Waals surface area (Å²) in [4.78, 5) is 16.7. The maximum absolute atomic E-state index is 12.3. The fourth-order valence-electron chi connectivity index (χ4n) is 3.28. The topological polar surface area (TPSA) is 23.6 Å². The SMILES string of the molecule is CN(CC(=O)N1CCCCCC1)C1CCCCC1. The molecule has 1 saturated heterocycles. The van der Waals surface area contributed by atoms with Crippen molar-refractivity contribution in [2.75, 3.05) is 26.7 Å². The highest BCUT2D eigenvalue weighted by molar-refractivity contribution is 5.78. The summed E-state index contributed by atoms with van der Waals surface area (Å²) in [6.07, 6.45) is 11.6. The fraction of sp³-hybridized carbons (Fsp3) is 0.933. The van der Waals surface area contributed by atoms with Gasteiger partial charge in [0.15, 0.2) is 0 Å². The molecule has 0 aromatic carbocycles. The Labute approximate surface area is 112 Å². The van der Waals surface area contributed by atoms with Crippen LogP contribution in [0.3, 0.4) is 0 Å². The van der Waals surface area contributed by atoms with E-state index in [0.29, 0.717) is 18.5 Å². The smallest absolute Gasteiger partial charge is 0.236 e. The van der Waals surface area contributed by atoms with Crippen LogP contribution in [0.5, 0.6) is 0 Å². The van der Waals surface area contributed by atoms with Gasteiger partial charge < -0.3 is 4.90 Å². The van der Waals surface area contributed by atoms with Crippen LogP contribution >= 0.6 is 0 Å². The van der Waals surface area contributed by atoms with Crippen LogP contribution < -0.4 is 0 Å². The molecule has 3 heteroatoms. The summed E-state index contributed by atoms with van der Waals surface area (Å²) in [6.45, 7) is 2.60. The maximum Gasteiger partial charge on any atom is 0.236 e. The molecule has 2 aliphatic rings. The van der Waals surface area contributed by atoms with E-state index in [9.17, 15) is 4.79 Å². The third-order valence-electron chi connectivity index (χ3n) is 4.54. The lowest BCUT2D eigenvalue weighted by Crippen LogP contribution is -2.43. The van der Waals surface area contributed by atoms with Crippen molar-refractivity contribution in [2.45, 2.75) is 63.8 Å². The van der Waals surface area contributed by atoms with Crippen molar-refractivity contribution >= 4 is 5.91 Å². The molecule has 0 spiro atoms. The van der Waals surface area contributed by atoms with Crippen LogP contribution in [0, 0.1) is 0 Å². The highest BCUT2D eigenvalue weighted by Gasteiger charge is 2.22. The minimum Gasteiger partial charge on any atom is -0.342 e. The van der Waals surface area contributed by atoms with E-state index in [-0.39, 0.29) is 0 Å². The lowest BCUT2D eigenvalue weighted by atomic mass is 9.94. The van der Waals surface area contributed by atoms with Crippen LogP contribution in [0.25, 0.3) is 0 Å². The average Bonchev–Trinajstić information content (AvgIpc) is 2.68. The predicted molar refractivity (Wildman–Crippen MR) is 74.6 cm³/mol. The molecule has 3 nitrogen and oxygen atoms in total. The first-order valence-electron chi connectivity index (χ1n) is 7.75. The second-order valence-electron chi connectivity index (χ2n) is 6.00. The number of likely N-dealkylation sites (N-methyl/N-ethyl adjacent to an activating group) is 1. The summed E-state index contributed by atoms with van der Waals surface area (Å²) < 4.78 is 0. The fourth-order valence-corrected chi connectivity index (χ4v) is 3.28. The van der Waals surface area contributed by atoms with E-state index in [4.69, 9.17) is 0 Å². The lowest BCUT2D eigenvalue weighted by Gasteiger charge is -2.32. The van der Waals surface area contributed by atoms with E-state index in [1.807, 2.05) is 0 Å². The van der Waals surface area contributed by atoms with E-state index in [2.05, 4.69) is 16.8 Å². The van der Waals surface area contributed by atoms with Gasteiger partial charge in [-0.1, -0.05) is 32.1 Å². The molecule has 0 bridgehead atoms. The Morgan fingerprint density at radius 1 is 1.00 bits per heavy atom. The summed E-state index contributed by atoms with van der Waals surface area (Å²) >= 11 is 0. The summed E-state index contributed by atoms with van der Waals surface area (Å²) in [6, 6.07) is 0.648. The molecule has 1 aliphatic carbocycles. The molecule has 0 atom stereocenters. The zero-order valence-corrected chi connectivity index (χ0v) is 11.9. The Kier molecular flexibility index (Phi) is 5.48. The van der Waals surface area contributed by atoms with E-state index in [0.717, 1.165) is 13.1 Å². The summed E-state index contributed by atoms with van der Waals surface area (Å²) in [5.74, 6) is 0.352. The van der Waals surface area contributed by atoms with Crippen molar-refractivity contribution in [3.8, 4) is 0 Å². The number of rotatable bonds is 3. The molecule has 0 N–H and O–H groups in total. The van der Waals surface area contributed by atoms with Gasteiger partial charge in [0, 0.05) is 19.1 Å². The second kappa shape index (κ2) is 7.13. The van der Waals surface area contributed by atoms with Gasteiger partial charge in [-0.2, -0.15) is 0 Å². The first-order chi connectivity index (χ1) is 8.77. The summed E-state index contributed by atoms with van der Waals surface area (Å²) in [5.41, 5.74) is 0. The van der Waals surface area contributed by atoms with Gasteiger partial charge in [-0.3, -0.25) is 9.69 Å². The third kappa shape index (κ3) is 3.98. The van der Waals surface area contributed by atoms with Crippen LogP contribution in [-0.4, -0.2) is 48.4 Å². The molecule has 1 amide bonds. The third-order valence-corrected chi connectivity index (χ3v) is 4.54. The molecule has 104 valence electrons. The molecule has 1 saturated carbocycles. The molecule has 0 radical (unpaired) electrons. The van der Waals surface area contributed by atoms with Crippen molar-refractivity contribution in [1.29, 1.82) is 0 Å². The van der Waals surface area contributed by atoms with Gasteiger partial charge in [-0.15, -0.1) is 0 Å². The highest BCUT2D eigenvalue weighted by Crippen LogP contribution is 2.21. The Balaban J connectivity index is 1.77. The largest absolute Gasteiger partial charge is 0.342 e. The van der Waals surface area contributed by atoms with Crippen molar-refractivity contribution in [2.24, 2.45) is 0 Å². The Morgan fingerprint density at radius 3 is 2.17 bits per heavy atom. The Morgan fingerprint density at radius 2 is 1.56 bits per heavy atom. The minimum atomic E-state index is 0.352. The number of amides is 1. The first-order valence-corrected chi connectivity index (χ1v) is 7.75. The summed E-state index contributed by atoms with van der Waals surface area (Å²) in [7, 11) is 2.13. The van der Waals surface area contributed by atoms with Crippen molar-refractivity contribution in [1.82, 2.24) is 9.80 Å². The number of carbonyl (C=O) groups is 1. The zero-order valence-electron chi connectivity index (χ0n) is 11.9. The normalized spacial score (nSPS) is 23.1. The molecule has 1 aliphatic heterocycles. The van der Waals surface area contributed by atoms with Gasteiger partial charge in [0.1, 0.15) is 0 Å². The maximum atomic E-state index is 12.3. The standard InChI is InChI=1S/C15H28N2O/c1-16(14-9-5-4-6-10-14)13-15(18)17-11-7-2-3-8-12-17/h14H,2-13H2,1H3. The Hall–Kier alpha value is -0.570. The van der Waals surface area contributed by atoms with Crippen LogP contribution in [0.15, 0.2) is 0 Å². The van der Waals surface area contributed by atoms with Crippen LogP contribution in [0.1, 0.15) is 57.8 Å². The van der Waals surface area contributed by atoms with Gasteiger partial charge in [-0.25, -0.2) is 0 Å². The molecular weight excluding hydrogens is 224 g/mol. The number of nitrogens with zero attached hydrogens (tertiary/aromatic N) is 2. The van der Waals surface area contributed by atoms with Crippen LogP contribution in [0.2, 0.25) is 0 Å². The van der Waals surface area contributed by atoms with Crippen LogP contribution in [0.4, 0.5) is 0 Å².